The number of aliphatic carboxylic acids is 1. The van der Waals surface area contributed by atoms with Crippen LogP contribution in [0.3, 0.4) is 0 Å². The van der Waals surface area contributed by atoms with E-state index in [1.807, 2.05) is 6.92 Å². The number of fused-ring (bicyclic) bond motifs is 1. The first kappa shape index (κ1) is 26.1. The van der Waals surface area contributed by atoms with Crippen LogP contribution in [0.2, 0.25) is 0 Å². The number of carboxylic acid groups (broad SMARTS) is 1. The molecule has 190 valence electrons. The number of carboxylic acids is 1. The Labute approximate surface area is 206 Å². The number of nitrogens with zero attached hydrogens (tertiary/aromatic N) is 3. The summed E-state index contributed by atoms with van der Waals surface area (Å²) in [6.45, 7) is 5.29. The van der Waals surface area contributed by atoms with E-state index >= 15 is 0 Å². The number of imidazole rings is 1. The topological polar surface area (TPSA) is 165 Å². The summed E-state index contributed by atoms with van der Waals surface area (Å²) in [6.07, 6.45) is 2.11. The molecule has 2 aromatic heterocycles. The van der Waals surface area contributed by atoms with E-state index in [2.05, 4.69) is 15.6 Å². The van der Waals surface area contributed by atoms with Gasteiger partial charge in [-0.1, -0.05) is 32.4 Å². The van der Waals surface area contributed by atoms with Crippen molar-refractivity contribution in [1.29, 1.82) is 0 Å². The molecular weight excluding hydrogens is 470 g/mol. The highest BCUT2D eigenvalue weighted by Crippen LogP contribution is 2.31. The van der Waals surface area contributed by atoms with Gasteiger partial charge in [-0.05, 0) is 25.0 Å². The third-order valence-corrected chi connectivity index (χ3v) is 5.69. The Morgan fingerprint density at radius 2 is 1.97 bits per heavy atom. The second-order valence-electron chi connectivity index (χ2n) is 8.09. The maximum Gasteiger partial charge on any atom is 0.326 e. The van der Waals surface area contributed by atoms with Crippen molar-refractivity contribution in [3.63, 3.8) is 0 Å². The van der Waals surface area contributed by atoms with Crippen LogP contribution in [-0.4, -0.2) is 56.5 Å². The predicted molar refractivity (Wildman–Crippen MR) is 131 cm³/mol. The normalized spacial score (nSPS) is 12.5. The van der Waals surface area contributed by atoms with Gasteiger partial charge >= 0.3 is 11.9 Å². The number of ether oxygens (including phenoxy) is 1. The largest absolute Gasteiger partial charge is 0.480 e. The number of carbonyl (C=O) groups is 3. The van der Waals surface area contributed by atoms with Crippen molar-refractivity contribution < 1.29 is 29.2 Å². The second-order valence-corrected chi connectivity index (χ2v) is 8.09. The first-order valence-corrected chi connectivity index (χ1v) is 11.4. The monoisotopic (exact) mass is 497 g/mol. The third-order valence-electron chi connectivity index (χ3n) is 5.69. The zero-order valence-electron chi connectivity index (χ0n) is 20.1. The molecule has 3 N–H and O–H groups in total. The number of nitrogens with one attached hydrogen (secondary N) is 2. The SMILES string of the molecule is CCOC(=O)CNc1c(-c2cccc([N+](=O)[O-])c2)nc2cc(C(=O)NC(C(=O)O)C(C)CC)ccn12. The molecule has 0 aliphatic carbocycles. The number of amides is 1. The van der Waals surface area contributed by atoms with Gasteiger partial charge in [0, 0.05) is 29.5 Å². The summed E-state index contributed by atoms with van der Waals surface area (Å²) in [7, 11) is 0. The van der Waals surface area contributed by atoms with Crippen molar-refractivity contribution in [3.05, 3.63) is 58.3 Å². The van der Waals surface area contributed by atoms with Gasteiger partial charge < -0.3 is 20.5 Å². The molecule has 3 aromatic rings. The molecule has 1 amide bonds. The van der Waals surface area contributed by atoms with Crippen molar-refractivity contribution in [1.82, 2.24) is 14.7 Å². The molecule has 0 aliphatic rings. The Kier molecular flexibility index (Phi) is 8.20. The minimum atomic E-state index is -1.13. The molecule has 12 heteroatoms. The number of nitro benzene ring substituents is 1. The molecule has 0 saturated carbocycles. The van der Waals surface area contributed by atoms with Crippen LogP contribution in [0.4, 0.5) is 11.5 Å². The number of esters is 1. The standard InChI is InChI=1S/C24H27N5O7/c1-4-14(3)20(24(32)33)27-23(31)16-9-10-28-18(12-16)26-21(22(28)25-13-19(30)36-5-2)15-7-6-8-17(11-15)29(34)35/h6-12,14,20,25H,4-5,13H2,1-3H3,(H,27,31)(H,32,33). The molecule has 0 spiro atoms. The van der Waals surface area contributed by atoms with Crippen LogP contribution in [0.15, 0.2) is 42.6 Å². The Morgan fingerprint density at radius 1 is 1.22 bits per heavy atom. The molecule has 12 nitrogen and oxygen atoms in total. The smallest absolute Gasteiger partial charge is 0.326 e. The second kappa shape index (κ2) is 11.3. The van der Waals surface area contributed by atoms with Crippen molar-refractivity contribution in [2.45, 2.75) is 33.2 Å². The number of benzene rings is 1. The van der Waals surface area contributed by atoms with Crippen LogP contribution >= 0.6 is 0 Å². The van der Waals surface area contributed by atoms with E-state index in [1.165, 1.54) is 30.3 Å². The van der Waals surface area contributed by atoms with Gasteiger partial charge in [-0.25, -0.2) is 9.78 Å². The van der Waals surface area contributed by atoms with E-state index in [0.29, 0.717) is 29.1 Å². The molecule has 2 heterocycles. The highest BCUT2D eigenvalue weighted by molar-refractivity contribution is 5.97. The fourth-order valence-corrected chi connectivity index (χ4v) is 3.60. The van der Waals surface area contributed by atoms with Gasteiger partial charge in [-0.15, -0.1) is 0 Å². The number of pyridine rings is 1. The van der Waals surface area contributed by atoms with Gasteiger partial charge in [0.1, 0.15) is 29.7 Å². The number of nitro groups is 1. The summed E-state index contributed by atoms with van der Waals surface area (Å²) in [5.41, 5.74) is 1.11. The molecule has 0 saturated heterocycles. The van der Waals surface area contributed by atoms with Crippen LogP contribution < -0.4 is 10.6 Å². The molecule has 0 radical (unpaired) electrons. The summed E-state index contributed by atoms with van der Waals surface area (Å²) in [6, 6.07) is 7.78. The number of aromatic nitrogens is 2. The van der Waals surface area contributed by atoms with Crippen LogP contribution in [0, 0.1) is 16.0 Å². The number of rotatable bonds is 11. The van der Waals surface area contributed by atoms with Gasteiger partial charge in [-0.3, -0.25) is 24.1 Å². The van der Waals surface area contributed by atoms with Crippen LogP contribution in [0.25, 0.3) is 16.9 Å². The quantitative estimate of drug-likeness (QED) is 0.205. The molecule has 0 fully saturated rings. The lowest BCUT2D eigenvalue weighted by molar-refractivity contribution is -0.384. The van der Waals surface area contributed by atoms with E-state index in [-0.39, 0.29) is 30.3 Å². The number of hydrogen-bond acceptors (Lipinski definition) is 8. The fourth-order valence-electron chi connectivity index (χ4n) is 3.60. The number of hydrogen-bond donors (Lipinski definition) is 3. The van der Waals surface area contributed by atoms with Crippen molar-refractivity contribution in [3.8, 4) is 11.3 Å². The first-order chi connectivity index (χ1) is 17.2. The lowest BCUT2D eigenvalue weighted by atomic mass is 9.99. The predicted octanol–water partition coefficient (Wildman–Crippen LogP) is 3.11. The minimum Gasteiger partial charge on any atom is -0.480 e. The lowest BCUT2D eigenvalue weighted by Crippen LogP contribution is -2.45. The first-order valence-electron chi connectivity index (χ1n) is 11.4. The fraction of sp³-hybridized carbons (Fsp3) is 0.333. The summed E-state index contributed by atoms with van der Waals surface area (Å²) in [5.74, 6) is -2.11. The Morgan fingerprint density at radius 3 is 2.61 bits per heavy atom. The molecule has 3 rings (SSSR count). The van der Waals surface area contributed by atoms with Gasteiger partial charge in [0.15, 0.2) is 0 Å². The van der Waals surface area contributed by atoms with Crippen molar-refractivity contribution >= 4 is 35.0 Å². The van der Waals surface area contributed by atoms with E-state index < -0.39 is 28.8 Å². The lowest BCUT2D eigenvalue weighted by Gasteiger charge is -2.20. The van der Waals surface area contributed by atoms with Gasteiger partial charge in [0.05, 0.1) is 11.5 Å². The van der Waals surface area contributed by atoms with E-state index in [1.54, 1.807) is 30.5 Å². The maximum atomic E-state index is 12.8. The molecule has 36 heavy (non-hydrogen) atoms. The number of non-ortho nitro benzene ring substituents is 1. The van der Waals surface area contributed by atoms with Crippen LogP contribution in [-0.2, 0) is 14.3 Å². The molecular formula is C24H27N5O7. The van der Waals surface area contributed by atoms with E-state index in [9.17, 15) is 29.6 Å². The third kappa shape index (κ3) is 5.77. The van der Waals surface area contributed by atoms with Gasteiger partial charge in [0.2, 0.25) is 0 Å². The summed E-state index contributed by atoms with van der Waals surface area (Å²) >= 11 is 0. The number of carbonyl (C=O) groups excluding carboxylic acids is 2. The number of anilines is 1. The Hall–Kier alpha value is -4.48. The Balaban J connectivity index is 2.03. The van der Waals surface area contributed by atoms with Gasteiger partial charge in [0.25, 0.3) is 11.6 Å². The highest BCUT2D eigenvalue weighted by atomic mass is 16.6. The molecule has 0 bridgehead atoms. The van der Waals surface area contributed by atoms with E-state index in [0.717, 1.165) is 0 Å². The minimum absolute atomic E-state index is 0.134. The average molecular weight is 498 g/mol. The Bertz CT molecular complexity index is 1300. The van der Waals surface area contributed by atoms with Gasteiger partial charge in [-0.2, -0.15) is 0 Å². The van der Waals surface area contributed by atoms with Crippen LogP contribution in [0.5, 0.6) is 0 Å². The van der Waals surface area contributed by atoms with Crippen molar-refractivity contribution in [2.75, 3.05) is 18.5 Å². The highest BCUT2D eigenvalue weighted by Gasteiger charge is 2.26. The summed E-state index contributed by atoms with van der Waals surface area (Å²) in [5, 5.41) is 26.3. The average Bonchev–Trinajstić information content (AvgIpc) is 3.23. The molecule has 0 aliphatic heterocycles. The zero-order chi connectivity index (χ0) is 26.4. The molecule has 2 atom stereocenters. The molecule has 1 aromatic carbocycles. The maximum absolute atomic E-state index is 12.8. The summed E-state index contributed by atoms with van der Waals surface area (Å²) < 4.78 is 6.55. The van der Waals surface area contributed by atoms with Crippen molar-refractivity contribution in [2.24, 2.45) is 5.92 Å². The van der Waals surface area contributed by atoms with E-state index in [4.69, 9.17) is 4.74 Å². The summed E-state index contributed by atoms with van der Waals surface area (Å²) in [4.78, 5) is 51.7. The molecule has 2 unspecified atom stereocenters. The van der Waals surface area contributed by atoms with Crippen LogP contribution in [0.1, 0.15) is 37.6 Å². The zero-order valence-corrected chi connectivity index (χ0v) is 20.1.